The average Bonchev–Trinajstić information content (AvgIpc) is 2.41. The van der Waals surface area contributed by atoms with Crippen LogP contribution in [0, 0.1) is 0 Å². The summed E-state index contributed by atoms with van der Waals surface area (Å²) in [5, 5.41) is 17.4. The first-order valence-electron chi connectivity index (χ1n) is 6.05. The van der Waals surface area contributed by atoms with Gasteiger partial charge in [-0.2, -0.15) is 0 Å². The Morgan fingerprint density at radius 1 is 0.900 bits per heavy atom. The zero-order valence-electron chi connectivity index (χ0n) is 10.8. The molecule has 0 saturated carbocycles. The second-order valence-corrected chi connectivity index (χ2v) is 6.02. The van der Waals surface area contributed by atoms with E-state index in [1.54, 1.807) is 24.3 Å². The molecular formula is C14H16N2O3S. The van der Waals surface area contributed by atoms with Gasteiger partial charge in [-0.3, -0.25) is 0 Å². The first-order chi connectivity index (χ1) is 9.45. The Balaban J connectivity index is 1.90. The molecule has 0 fully saturated rings. The number of hydrogen-bond acceptors (Lipinski definition) is 4. The van der Waals surface area contributed by atoms with Crippen LogP contribution in [0.5, 0.6) is 5.75 Å². The van der Waals surface area contributed by atoms with E-state index in [2.05, 4.69) is 5.32 Å². The topological polar surface area (TPSA) is 92.4 Å². The second kappa shape index (κ2) is 6.04. The molecule has 0 amide bonds. The third-order valence-corrected chi connectivity index (χ3v) is 3.78. The van der Waals surface area contributed by atoms with E-state index in [1.165, 1.54) is 12.1 Å². The lowest BCUT2D eigenvalue weighted by atomic mass is 10.2. The minimum absolute atomic E-state index is 0.111. The summed E-state index contributed by atoms with van der Waals surface area (Å²) in [6, 6.07) is 13.4. The van der Waals surface area contributed by atoms with Gasteiger partial charge in [-0.05, 0) is 35.4 Å². The lowest BCUT2D eigenvalue weighted by Gasteiger charge is -2.06. The van der Waals surface area contributed by atoms with Crippen molar-refractivity contribution in [1.82, 2.24) is 5.32 Å². The van der Waals surface area contributed by atoms with Gasteiger partial charge in [-0.15, -0.1) is 0 Å². The molecule has 0 aromatic heterocycles. The number of nitrogens with two attached hydrogens (primary N) is 1. The summed E-state index contributed by atoms with van der Waals surface area (Å²) in [5.41, 5.74) is 2.03. The maximum Gasteiger partial charge on any atom is 0.238 e. The van der Waals surface area contributed by atoms with Crippen molar-refractivity contribution in [3.63, 3.8) is 0 Å². The van der Waals surface area contributed by atoms with Crippen LogP contribution in [0.1, 0.15) is 11.1 Å². The molecule has 0 heterocycles. The number of aromatic hydroxyl groups is 1. The molecule has 4 N–H and O–H groups in total. The first-order valence-corrected chi connectivity index (χ1v) is 7.60. The molecule has 6 heteroatoms. The first kappa shape index (κ1) is 14.5. The molecular weight excluding hydrogens is 276 g/mol. The summed E-state index contributed by atoms with van der Waals surface area (Å²) in [6.45, 7) is 1.28. The standard InChI is InChI=1S/C14H16N2O3S/c15-20(18,19)14-7-3-12(4-8-14)10-16-9-11-1-5-13(17)6-2-11/h1-8,16-17H,9-10H2,(H2,15,18,19). The SMILES string of the molecule is NS(=O)(=O)c1ccc(CNCc2ccc(O)cc2)cc1. The maximum atomic E-state index is 11.1. The van der Waals surface area contributed by atoms with Crippen molar-refractivity contribution in [2.24, 2.45) is 5.14 Å². The molecule has 0 radical (unpaired) electrons. The lowest BCUT2D eigenvalue weighted by molar-refractivity contribution is 0.475. The zero-order valence-corrected chi connectivity index (χ0v) is 11.6. The van der Waals surface area contributed by atoms with Gasteiger partial charge < -0.3 is 10.4 Å². The molecule has 0 atom stereocenters. The zero-order chi connectivity index (χ0) is 14.6. The molecule has 0 bridgehead atoms. The van der Waals surface area contributed by atoms with Crippen LogP contribution in [-0.4, -0.2) is 13.5 Å². The average molecular weight is 292 g/mol. The van der Waals surface area contributed by atoms with Crippen molar-refractivity contribution >= 4 is 10.0 Å². The van der Waals surface area contributed by atoms with Gasteiger partial charge in [0, 0.05) is 13.1 Å². The van der Waals surface area contributed by atoms with Gasteiger partial charge in [0.05, 0.1) is 4.90 Å². The van der Waals surface area contributed by atoms with Crippen LogP contribution in [0.25, 0.3) is 0 Å². The van der Waals surface area contributed by atoms with Crippen LogP contribution < -0.4 is 10.5 Å². The molecule has 2 aromatic rings. The molecule has 106 valence electrons. The number of sulfonamides is 1. The van der Waals surface area contributed by atoms with Gasteiger partial charge in [0.25, 0.3) is 0 Å². The van der Waals surface area contributed by atoms with Crippen LogP contribution >= 0.6 is 0 Å². The Bertz CT molecular complexity index is 665. The van der Waals surface area contributed by atoms with E-state index in [9.17, 15) is 13.5 Å². The molecule has 0 aliphatic carbocycles. The minimum atomic E-state index is -3.63. The van der Waals surface area contributed by atoms with Crippen LogP contribution in [0.15, 0.2) is 53.4 Å². The Morgan fingerprint density at radius 3 is 1.80 bits per heavy atom. The van der Waals surface area contributed by atoms with E-state index in [1.807, 2.05) is 12.1 Å². The summed E-state index contributed by atoms with van der Waals surface area (Å²) in [6.07, 6.45) is 0. The van der Waals surface area contributed by atoms with E-state index in [0.29, 0.717) is 13.1 Å². The highest BCUT2D eigenvalue weighted by Gasteiger charge is 2.06. The van der Waals surface area contributed by atoms with Crippen molar-refractivity contribution in [2.45, 2.75) is 18.0 Å². The fraction of sp³-hybridized carbons (Fsp3) is 0.143. The molecule has 0 unspecified atom stereocenters. The number of rotatable bonds is 5. The molecule has 2 aromatic carbocycles. The normalized spacial score (nSPS) is 11.4. The van der Waals surface area contributed by atoms with Crippen LogP contribution in [0.3, 0.4) is 0 Å². The molecule has 0 aliphatic rings. The molecule has 20 heavy (non-hydrogen) atoms. The quantitative estimate of drug-likeness (QED) is 0.775. The van der Waals surface area contributed by atoms with Crippen molar-refractivity contribution < 1.29 is 13.5 Å². The number of hydrogen-bond donors (Lipinski definition) is 3. The van der Waals surface area contributed by atoms with Gasteiger partial charge in [0.2, 0.25) is 10.0 Å². The molecule has 2 rings (SSSR count). The Labute approximate surface area is 118 Å². The Morgan fingerprint density at radius 2 is 1.35 bits per heavy atom. The van der Waals surface area contributed by atoms with E-state index >= 15 is 0 Å². The highest BCUT2D eigenvalue weighted by molar-refractivity contribution is 7.89. The number of benzene rings is 2. The second-order valence-electron chi connectivity index (χ2n) is 4.46. The maximum absolute atomic E-state index is 11.1. The van der Waals surface area contributed by atoms with E-state index in [-0.39, 0.29) is 10.6 Å². The van der Waals surface area contributed by atoms with Gasteiger partial charge in [-0.1, -0.05) is 24.3 Å². The van der Waals surface area contributed by atoms with Crippen molar-refractivity contribution in [1.29, 1.82) is 0 Å². The number of phenolic OH excluding ortho intramolecular Hbond substituents is 1. The van der Waals surface area contributed by atoms with Gasteiger partial charge in [0.15, 0.2) is 0 Å². The molecule has 0 spiro atoms. The fourth-order valence-corrected chi connectivity index (χ4v) is 2.28. The summed E-state index contributed by atoms with van der Waals surface area (Å²) < 4.78 is 22.2. The lowest BCUT2D eigenvalue weighted by Crippen LogP contribution is -2.14. The third-order valence-electron chi connectivity index (χ3n) is 2.85. The van der Waals surface area contributed by atoms with E-state index in [4.69, 9.17) is 5.14 Å². The van der Waals surface area contributed by atoms with Gasteiger partial charge >= 0.3 is 0 Å². The van der Waals surface area contributed by atoms with Gasteiger partial charge in [-0.25, -0.2) is 13.6 Å². The smallest absolute Gasteiger partial charge is 0.238 e. The van der Waals surface area contributed by atoms with Crippen LogP contribution in [0.2, 0.25) is 0 Å². The summed E-state index contributed by atoms with van der Waals surface area (Å²) in [5.74, 6) is 0.243. The monoisotopic (exact) mass is 292 g/mol. The summed E-state index contributed by atoms with van der Waals surface area (Å²) in [7, 11) is -3.63. The van der Waals surface area contributed by atoms with Crippen molar-refractivity contribution in [2.75, 3.05) is 0 Å². The van der Waals surface area contributed by atoms with Crippen LogP contribution in [-0.2, 0) is 23.1 Å². The number of phenols is 1. The van der Waals surface area contributed by atoms with Crippen molar-refractivity contribution in [3.05, 3.63) is 59.7 Å². The highest BCUT2D eigenvalue weighted by Crippen LogP contribution is 2.11. The predicted molar refractivity (Wildman–Crippen MR) is 76.5 cm³/mol. The highest BCUT2D eigenvalue weighted by atomic mass is 32.2. The van der Waals surface area contributed by atoms with E-state index < -0.39 is 10.0 Å². The summed E-state index contributed by atoms with van der Waals surface area (Å²) in [4.78, 5) is 0.111. The fourth-order valence-electron chi connectivity index (χ4n) is 1.76. The van der Waals surface area contributed by atoms with E-state index in [0.717, 1.165) is 11.1 Å². The van der Waals surface area contributed by atoms with Crippen molar-refractivity contribution in [3.8, 4) is 5.75 Å². The summed E-state index contributed by atoms with van der Waals surface area (Å²) >= 11 is 0. The third kappa shape index (κ3) is 4.06. The molecule has 0 aliphatic heterocycles. The molecule has 5 nitrogen and oxygen atoms in total. The minimum Gasteiger partial charge on any atom is -0.508 e. The van der Waals surface area contributed by atoms with Crippen LogP contribution in [0.4, 0.5) is 0 Å². The molecule has 0 saturated heterocycles. The Kier molecular flexibility index (Phi) is 4.39. The van der Waals surface area contributed by atoms with Gasteiger partial charge in [0.1, 0.15) is 5.75 Å². The number of nitrogens with one attached hydrogen (secondary N) is 1. The predicted octanol–water partition coefficient (Wildman–Crippen LogP) is 1.33. The largest absolute Gasteiger partial charge is 0.508 e. The number of primary sulfonamides is 1. The Hall–Kier alpha value is -1.89.